The van der Waals surface area contributed by atoms with E-state index in [9.17, 15) is 19.2 Å². The number of aromatic nitrogens is 4. The number of rotatable bonds is 2. The Bertz CT molecular complexity index is 803. The maximum atomic E-state index is 11.4. The van der Waals surface area contributed by atoms with Crippen molar-refractivity contribution in [1.29, 1.82) is 0 Å². The maximum absolute atomic E-state index is 11.4. The molecular formula is C9H8N6O4S. The third-order valence-electron chi connectivity index (χ3n) is 2.13. The molecule has 0 fully saturated rings. The molecule has 2 heterocycles. The van der Waals surface area contributed by atoms with Gasteiger partial charge in [0.25, 0.3) is 11.1 Å². The molecule has 10 nitrogen and oxygen atoms in total. The highest BCUT2D eigenvalue weighted by atomic mass is 32.1. The average Bonchev–Trinajstić information content (AvgIpc) is 2.36. The Labute approximate surface area is 114 Å². The first-order chi connectivity index (χ1) is 9.45. The molecule has 0 radical (unpaired) electrons. The first-order valence-corrected chi connectivity index (χ1v) is 5.58. The van der Waals surface area contributed by atoms with Crippen LogP contribution in [0.15, 0.2) is 31.6 Å². The zero-order valence-corrected chi connectivity index (χ0v) is 10.5. The summed E-state index contributed by atoms with van der Waals surface area (Å²) in [7, 11) is 0. The molecule has 20 heavy (non-hydrogen) atoms. The number of H-pyrrole nitrogens is 4. The quantitative estimate of drug-likeness (QED) is 0.359. The lowest BCUT2D eigenvalue weighted by atomic mass is 10.5. The second kappa shape index (κ2) is 5.36. The van der Waals surface area contributed by atoms with Gasteiger partial charge in [0.15, 0.2) is 5.11 Å². The third-order valence-corrected chi connectivity index (χ3v) is 2.34. The van der Waals surface area contributed by atoms with E-state index in [4.69, 9.17) is 12.2 Å². The van der Waals surface area contributed by atoms with Crippen molar-refractivity contribution in [2.45, 2.75) is 0 Å². The number of hydrogen-bond acceptors (Lipinski definition) is 5. The number of hydrogen-bond donors (Lipinski definition) is 6. The van der Waals surface area contributed by atoms with Crippen LogP contribution in [-0.2, 0) is 0 Å². The van der Waals surface area contributed by atoms with E-state index in [0.717, 1.165) is 12.4 Å². The molecule has 0 spiro atoms. The fourth-order valence-corrected chi connectivity index (χ4v) is 1.50. The van der Waals surface area contributed by atoms with Crippen LogP contribution < -0.4 is 33.1 Å². The molecule has 0 atom stereocenters. The molecule has 0 aliphatic carbocycles. The highest BCUT2D eigenvalue weighted by molar-refractivity contribution is 7.80. The molecule has 2 rings (SSSR count). The molecule has 0 bridgehead atoms. The van der Waals surface area contributed by atoms with Crippen LogP contribution in [-0.4, -0.2) is 25.0 Å². The smallest absolute Gasteiger partial charge is 0.325 e. The van der Waals surface area contributed by atoms with E-state index in [1.54, 1.807) is 0 Å². The fraction of sp³-hybridized carbons (Fsp3) is 0. The molecule has 0 aliphatic rings. The van der Waals surface area contributed by atoms with E-state index in [0.29, 0.717) is 0 Å². The number of aromatic amines is 4. The van der Waals surface area contributed by atoms with Gasteiger partial charge in [0.2, 0.25) is 0 Å². The minimum atomic E-state index is -0.673. The lowest BCUT2D eigenvalue weighted by molar-refractivity contribution is 1.04. The van der Waals surface area contributed by atoms with Gasteiger partial charge in [-0.25, -0.2) is 9.59 Å². The monoisotopic (exact) mass is 296 g/mol. The Hall–Kier alpha value is -2.95. The van der Waals surface area contributed by atoms with E-state index < -0.39 is 22.5 Å². The van der Waals surface area contributed by atoms with Gasteiger partial charge in [-0.2, -0.15) is 0 Å². The van der Waals surface area contributed by atoms with Crippen molar-refractivity contribution >= 4 is 28.7 Å². The zero-order chi connectivity index (χ0) is 14.7. The number of thiocarbonyl (C=S) groups is 1. The Morgan fingerprint density at radius 1 is 0.850 bits per heavy atom. The number of nitrogens with one attached hydrogen (secondary N) is 6. The van der Waals surface area contributed by atoms with Crippen LogP contribution in [0.1, 0.15) is 0 Å². The van der Waals surface area contributed by atoms with Gasteiger partial charge in [0.05, 0.1) is 0 Å². The van der Waals surface area contributed by atoms with Gasteiger partial charge in [-0.15, -0.1) is 0 Å². The van der Waals surface area contributed by atoms with Crippen molar-refractivity contribution < 1.29 is 0 Å². The molecule has 0 aromatic carbocycles. The lowest BCUT2D eigenvalue weighted by Gasteiger charge is -2.08. The van der Waals surface area contributed by atoms with Gasteiger partial charge in [-0.1, -0.05) is 0 Å². The molecule has 0 amide bonds. The average molecular weight is 296 g/mol. The number of anilines is 2. The highest BCUT2D eigenvalue weighted by Crippen LogP contribution is 1.97. The summed E-state index contributed by atoms with van der Waals surface area (Å²) in [5, 5.41) is 4.91. The van der Waals surface area contributed by atoms with Gasteiger partial charge in [-0.05, 0) is 12.2 Å². The van der Waals surface area contributed by atoms with Crippen LogP contribution in [0.2, 0.25) is 0 Å². The Morgan fingerprint density at radius 2 is 1.25 bits per heavy atom. The van der Waals surface area contributed by atoms with Crippen LogP contribution in [0.25, 0.3) is 0 Å². The molecule has 0 saturated carbocycles. The SMILES string of the molecule is O=c1[nH]cc(NC(=S)Nc2c[nH]c(=O)[nH]c2=O)c(=O)[nH]1. The minimum absolute atomic E-state index is 0.0112. The van der Waals surface area contributed by atoms with Gasteiger partial charge in [0, 0.05) is 12.4 Å². The summed E-state index contributed by atoms with van der Waals surface area (Å²) in [4.78, 5) is 53.0. The van der Waals surface area contributed by atoms with Gasteiger partial charge < -0.3 is 20.6 Å². The van der Waals surface area contributed by atoms with Gasteiger partial charge >= 0.3 is 11.4 Å². The van der Waals surface area contributed by atoms with Gasteiger partial charge in [0.1, 0.15) is 11.4 Å². The summed E-state index contributed by atoms with van der Waals surface area (Å²) in [6.45, 7) is 0. The summed E-state index contributed by atoms with van der Waals surface area (Å²) in [6.07, 6.45) is 2.26. The standard InChI is InChI=1S/C9H8N6O4S/c16-5-3(1-10-7(18)14-5)12-9(20)13-4-2-11-8(19)15-6(4)17/h1-2H,(H2,12,13,20)(H2,10,14,16,18)(H2,11,15,17,19). The van der Waals surface area contributed by atoms with Crippen molar-refractivity contribution in [2.75, 3.05) is 10.6 Å². The van der Waals surface area contributed by atoms with Crippen LogP contribution in [0.4, 0.5) is 11.4 Å². The van der Waals surface area contributed by atoms with Crippen LogP contribution in [0.3, 0.4) is 0 Å². The molecule has 104 valence electrons. The lowest BCUT2D eigenvalue weighted by Crippen LogP contribution is -2.31. The molecule has 6 N–H and O–H groups in total. The first kappa shape index (κ1) is 13.5. The van der Waals surface area contributed by atoms with E-state index in [2.05, 4.69) is 20.6 Å². The van der Waals surface area contributed by atoms with Crippen LogP contribution in [0.5, 0.6) is 0 Å². The zero-order valence-electron chi connectivity index (χ0n) is 9.70. The van der Waals surface area contributed by atoms with Crippen molar-refractivity contribution in [3.63, 3.8) is 0 Å². The molecule has 0 unspecified atom stereocenters. The second-order valence-corrected chi connectivity index (χ2v) is 3.96. The van der Waals surface area contributed by atoms with E-state index in [-0.39, 0.29) is 16.5 Å². The molecular weight excluding hydrogens is 288 g/mol. The molecule has 0 saturated heterocycles. The van der Waals surface area contributed by atoms with Crippen LogP contribution >= 0.6 is 12.2 Å². The molecule has 0 aliphatic heterocycles. The summed E-state index contributed by atoms with van der Waals surface area (Å²) < 4.78 is 0. The Balaban J connectivity index is 2.17. The molecule has 2 aromatic rings. The molecule has 2 aromatic heterocycles. The normalized spacial score (nSPS) is 10.0. The van der Waals surface area contributed by atoms with E-state index in [1.165, 1.54) is 0 Å². The Morgan fingerprint density at radius 3 is 1.60 bits per heavy atom. The first-order valence-electron chi connectivity index (χ1n) is 5.18. The van der Waals surface area contributed by atoms with E-state index >= 15 is 0 Å². The van der Waals surface area contributed by atoms with Crippen molar-refractivity contribution in [2.24, 2.45) is 0 Å². The third kappa shape index (κ3) is 3.08. The summed E-state index contributed by atoms with van der Waals surface area (Å²) >= 11 is 4.89. The maximum Gasteiger partial charge on any atom is 0.325 e. The summed E-state index contributed by atoms with van der Waals surface area (Å²) in [6, 6.07) is 0. The Kier molecular flexibility index (Phi) is 3.61. The minimum Gasteiger partial charge on any atom is -0.327 e. The predicted octanol–water partition coefficient (Wildman–Crippen LogP) is -1.75. The van der Waals surface area contributed by atoms with Crippen molar-refractivity contribution in [3.8, 4) is 0 Å². The highest BCUT2D eigenvalue weighted by Gasteiger charge is 2.05. The topological polar surface area (TPSA) is 155 Å². The van der Waals surface area contributed by atoms with Gasteiger partial charge in [-0.3, -0.25) is 19.6 Å². The van der Waals surface area contributed by atoms with Crippen LogP contribution in [0, 0.1) is 0 Å². The summed E-state index contributed by atoms with van der Waals surface area (Å²) in [5.41, 5.74) is -2.68. The van der Waals surface area contributed by atoms with Crippen molar-refractivity contribution in [3.05, 3.63) is 54.1 Å². The second-order valence-electron chi connectivity index (χ2n) is 3.55. The van der Waals surface area contributed by atoms with E-state index in [1.807, 2.05) is 9.97 Å². The summed E-state index contributed by atoms with van der Waals surface area (Å²) in [5.74, 6) is 0. The predicted molar refractivity (Wildman–Crippen MR) is 75.2 cm³/mol. The molecule has 11 heteroatoms. The fourth-order valence-electron chi connectivity index (χ4n) is 1.28. The van der Waals surface area contributed by atoms with Crippen molar-refractivity contribution in [1.82, 2.24) is 19.9 Å². The largest absolute Gasteiger partial charge is 0.327 e.